The van der Waals surface area contributed by atoms with Crippen molar-refractivity contribution in [2.75, 3.05) is 36.5 Å². The maximum absolute atomic E-state index is 12.9. The summed E-state index contributed by atoms with van der Waals surface area (Å²) in [6.45, 7) is 1.66. The molecule has 0 spiro atoms. The lowest BCUT2D eigenvalue weighted by Gasteiger charge is -2.37. The number of aromatic nitrogens is 4. The Bertz CT molecular complexity index is 2550. The van der Waals surface area contributed by atoms with Gasteiger partial charge in [0, 0.05) is 74.6 Å². The average Bonchev–Trinajstić information content (AvgIpc) is 3.67. The smallest absolute Gasteiger partial charge is 0.328 e. The van der Waals surface area contributed by atoms with Gasteiger partial charge >= 0.3 is 5.69 Å². The Hall–Kier alpha value is -6.68. The lowest BCUT2D eigenvalue weighted by Crippen LogP contribution is -2.39. The van der Waals surface area contributed by atoms with E-state index in [1.165, 1.54) is 0 Å². The molecular weight excluding hydrogens is 660 g/mol. The van der Waals surface area contributed by atoms with Gasteiger partial charge in [0.1, 0.15) is 11.3 Å². The molecule has 1 unspecified atom stereocenters. The number of carbonyl (C=O) groups is 3. The standard InChI is InChI=1S/C39H34N8O5/c1-44-15-16-47(25-8-11-31-33(18-25)46(3)39(51)45(31)2)34-21-42-30(19-32(34)44)24-7-10-29(41-20-24)38(50)40-14-4-5-23-6-12-35-27(17-23)28(22-52-35)26-9-13-36(48)43-37(26)49/h6-8,10-12,17-22,26H,9,13-16H2,1-3H3,(H,40,50)(H,43,48,49). The first kappa shape index (κ1) is 32.5. The van der Waals surface area contributed by atoms with Crippen LogP contribution in [0.3, 0.4) is 0 Å². The van der Waals surface area contributed by atoms with E-state index < -0.39 is 5.92 Å². The average molecular weight is 695 g/mol. The van der Waals surface area contributed by atoms with E-state index in [2.05, 4.69) is 37.3 Å². The van der Waals surface area contributed by atoms with Crippen LogP contribution in [-0.4, -0.2) is 63.5 Å². The first-order valence-corrected chi connectivity index (χ1v) is 16.9. The number of likely N-dealkylation sites (N-methyl/N-ethyl adjacent to an activating group) is 1. The lowest BCUT2D eigenvalue weighted by molar-refractivity contribution is -0.134. The highest BCUT2D eigenvalue weighted by atomic mass is 16.3. The summed E-state index contributed by atoms with van der Waals surface area (Å²) in [5, 5.41) is 5.96. The van der Waals surface area contributed by atoms with Gasteiger partial charge in [-0.25, -0.2) is 4.79 Å². The van der Waals surface area contributed by atoms with Crippen molar-refractivity contribution in [1.29, 1.82) is 0 Å². The van der Waals surface area contributed by atoms with Crippen LogP contribution in [0.5, 0.6) is 0 Å². The number of pyridine rings is 2. The molecule has 0 radical (unpaired) electrons. The highest BCUT2D eigenvalue weighted by molar-refractivity contribution is 6.03. The molecular formula is C39H34N8O5. The van der Waals surface area contributed by atoms with Crippen molar-refractivity contribution >= 4 is 56.8 Å². The zero-order valence-corrected chi connectivity index (χ0v) is 28.8. The van der Waals surface area contributed by atoms with Crippen molar-refractivity contribution in [3.63, 3.8) is 0 Å². The first-order chi connectivity index (χ1) is 25.2. The molecule has 2 aliphatic heterocycles. The van der Waals surface area contributed by atoms with E-state index in [9.17, 15) is 19.2 Å². The number of hydrogen-bond donors (Lipinski definition) is 2. The van der Waals surface area contributed by atoms with E-state index in [0.29, 0.717) is 17.6 Å². The molecule has 2 aromatic carbocycles. The largest absolute Gasteiger partial charge is 0.464 e. The Morgan fingerprint density at radius 2 is 1.79 bits per heavy atom. The molecule has 0 aliphatic carbocycles. The van der Waals surface area contributed by atoms with Gasteiger partial charge in [-0.3, -0.25) is 38.8 Å². The molecule has 260 valence electrons. The number of hydrogen-bond acceptors (Lipinski definition) is 9. The number of benzene rings is 2. The predicted molar refractivity (Wildman–Crippen MR) is 196 cm³/mol. The number of rotatable bonds is 5. The van der Waals surface area contributed by atoms with Crippen molar-refractivity contribution in [3.05, 3.63) is 101 Å². The van der Waals surface area contributed by atoms with Crippen LogP contribution in [-0.2, 0) is 23.7 Å². The number of anilines is 3. The second-order valence-electron chi connectivity index (χ2n) is 13.0. The summed E-state index contributed by atoms with van der Waals surface area (Å²) in [6, 6.07) is 17.0. The van der Waals surface area contributed by atoms with Gasteiger partial charge < -0.3 is 19.5 Å². The molecule has 0 bridgehead atoms. The number of imide groups is 1. The maximum atomic E-state index is 12.9. The molecule has 8 rings (SSSR count). The maximum Gasteiger partial charge on any atom is 0.328 e. The minimum Gasteiger partial charge on any atom is -0.464 e. The zero-order valence-electron chi connectivity index (χ0n) is 28.8. The van der Waals surface area contributed by atoms with Crippen molar-refractivity contribution < 1.29 is 18.8 Å². The molecule has 1 saturated heterocycles. The molecule has 2 aliphatic rings. The number of aryl methyl sites for hydroxylation is 2. The summed E-state index contributed by atoms with van der Waals surface area (Å²) in [5.74, 6) is 4.62. The fraction of sp³-hybridized carbons (Fsp3) is 0.231. The molecule has 3 amide bonds. The number of amides is 3. The lowest BCUT2D eigenvalue weighted by atomic mass is 9.90. The van der Waals surface area contributed by atoms with Gasteiger partial charge in [-0.05, 0) is 61.0 Å². The van der Waals surface area contributed by atoms with E-state index >= 15 is 0 Å². The number of imidazole rings is 1. The van der Waals surface area contributed by atoms with Gasteiger partial charge in [0.05, 0.1) is 53.0 Å². The predicted octanol–water partition coefficient (Wildman–Crippen LogP) is 3.97. The minimum atomic E-state index is -0.462. The second kappa shape index (κ2) is 12.9. The molecule has 52 heavy (non-hydrogen) atoms. The van der Waals surface area contributed by atoms with Gasteiger partial charge in [0.15, 0.2) is 0 Å². The topological polar surface area (TPSA) is 148 Å². The van der Waals surface area contributed by atoms with E-state index in [1.54, 1.807) is 47.8 Å². The molecule has 1 atom stereocenters. The van der Waals surface area contributed by atoms with E-state index in [0.717, 1.165) is 63.4 Å². The summed E-state index contributed by atoms with van der Waals surface area (Å²) in [7, 11) is 5.61. The third-order valence-electron chi connectivity index (χ3n) is 9.87. The van der Waals surface area contributed by atoms with Crippen LogP contribution >= 0.6 is 0 Å². The fourth-order valence-corrected chi connectivity index (χ4v) is 6.96. The van der Waals surface area contributed by atoms with Gasteiger partial charge in [0.25, 0.3) is 5.91 Å². The Morgan fingerprint density at radius 1 is 0.942 bits per heavy atom. The highest BCUT2D eigenvalue weighted by Crippen LogP contribution is 2.39. The minimum absolute atomic E-state index is 0.0626. The van der Waals surface area contributed by atoms with E-state index in [4.69, 9.17) is 9.40 Å². The van der Waals surface area contributed by atoms with Crippen LogP contribution in [0, 0.1) is 11.8 Å². The summed E-state index contributed by atoms with van der Waals surface area (Å²) in [5.41, 5.74) is 8.46. The van der Waals surface area contributed by atoms with Gasteiger partial charge in [-0.15, -0.1) is 0 Å². The molecule has 6 aromatic rings. The second-order valence-corrected chi connectivity index (χ2v) is 13.0. The Labute approximate surface area is 297 Å². The van der Waals surface area contributed by atoms with Crippen LogP contribution < -0.4 is 26.1 Å². The Kier molecular flexibility index (Phi) is 8.06. The van der Waals surface area contributed by atoms with E-state index in [1.807, 2.05) is 55.7 Å². The van der Waals surface area contributed by atoms with Crippen LogP contribution in [0.2, 0.25) is 0 Å². The quantitative estimate of drug-likeness (QED) is 0.202. The number of furan rings is 1. The number of nitrogens with one attached hydrogen (secondary N) is 2. The Morgan fingerprint density at radius 3 is 2.60 bits per heavy atom. The molecule has 0 saturated carbocycles. The highest BCUT2D eigenvalue weighted by Gasteiger charge is 2.30. The zero-order chi connectivity index (χ0) is 36.1. The number of nitrogens with zero attached hydrogens (tertiary/aromatic N) is 6. The van der Waals surface area contributed by atoms with E-state index in [-0.39, 0.29) is 42.1 Å². The third-order valence-corrected chi connectivity index (χ3v) is 9.87. The van der Waals surface area contributed by atoms with Crippen molar-refractivity contribution in [2.45, 2.75) is 18.8 Å². The third kappa shape index (κ3) is 5.73. The van der Waals surface area contributed by atoms with Crippen molar-refractivity contribution in [2.24, 2.45) is 14.1 Å². The van der Waals surface area contributed by atoms with Crippen LogP contribution in [0.25, 0.3) is 33.3 Å². The molecule has 13 nitrogen and oxygen atoms in total. The van der Waals surface area contributed by atoms with Crippen molar-refractivity contribution in [1.82, 2.24) is 29.7 Å². The monoisotopic (exact) mass is 694 g/mol. The van der Waals surface area contributed by atoms with Gasteiger partial charge in [-0.2, -0.15) is 0 Å². The number of fused-ring (bicyclic) bond motifs is 3. The number of carbonyl (C=O) groups excluding carboxylic acids is 3. The summed E-state index contributed by atoms with van der Waals surface area (Å²) < 4.78 is 8.96. The normalized spacial score (nSPS) is 15.7. The fourth-order valence-electron chi connectivity index (χ4n) is 6.96. The summed E-state index contributed by atoms with van der Waals surface area (Å²) in [4.78, 5) is 62.9. The first-order valence-electron chi connectivity index (χ1n) is 16.9. The molecule has 6 heterocycles. The molecule has 13 heteroatoms. The molecule has 1 fully saturated rings. The van der Waals surface area contributed by atoms with Crippen LogP contribution in [0.15, 0.2) is 82.5 Å². The van der Waals surface area contributed by atoms with Crippen molar-refractivity contribution in [3.8, 4) is 23.1 Å². The van der Waals surface area contributed by atoms with Crippen LogP contribution in [0.1, 0.15) is 40.4 Å². The summed E-state index contributed by atoms with van der Waals surface area (Å²) >= 11 is 0. The molecule has 2 N–H and O–H groups in total. The Balaban J connectivity index is 0.940. The van der Waals surface area contributed by atoms with Gasteiger partial charge in [0.2, 0.25) is 11.8 Å². The summed E-state index contributed by atoms with van der Waals surface area (Å²) in [6.07, 6.45) is 5.76. The van der Waals surface area contributed by atoms with Crippen LogP contribution in [0.4, 0.5) is 17.1 Å². The van der Waals surface area contributed by atoms with Gasteiger partial charge in [-0.1, -0.05) is 11.8 Å². The number of piperidine rings is 1. The molecule has 4 aromatic heterocycles. The SMILES string of the molecule is CN1CCN(c2ccc3c(c2)n(C)c(=O)n3C)c2cnc(-c3ccc(C(=O)NCC#Cc4ccc5occ(C6CCC(=O)NC6=O)c5c4)nc3)cc21.